The van der Waals surface area contributed by atoms with Gasteiger partial charge in [0.25, 0.3) is 0 Å². The molecule has 0 spiro atoms. The van der Waals surface area contributed by atoms with Crippen LogP contribution in [0.3, 0.4) is 0 Å². The Kier molecular flexibility index (Phi) is 4.32. The molecule has 108 valence electrons. The lowest BCUT2D eigenvalue weighted by atomic mass is 9.81. The Balaban J connectivity index is 1.87. The number of aliphatic carboxylic acids is 1. The zero-order valence-corrected chi connectivity index (χ0v) is 11.7. The highest BCUT2D eigenvalue weighted by atomic mass is 16.4. The normalized spacial score (nSPS) is 29.3. The number of carbonyl (C=O) groups excluding carboxylic acids is 1. The lowest BCUT2D eigenvalue weighted by Crippen LogP contribution is -2.41. The highest BCUT2D eigenvalue weighted by molar-refractivity contribution is 5.80. The van der Waals surface area contributed by atoms with Crippen LogP contribution in [-0.2, 0) is 4.79 Å². The molecule has 2 amide bonds. The van der Waals surface area contributed by atoms with E-state index in [0.29, 0.717) is 26.1 Å². The zero-order chi connectivity index (χ0) is 13.9. The van der Waals surface area contributed by atoms with E-state index in [1.54, 1.807) is 4.90 Å². The summed E-state index contributed by atoms with van der Waals surface area (Å²) in [4.78, 5) is 25.2. The first kappa shape index (κ1) is 14.2. The summed E-state index contributed by atoms with van der Waals surface area (Å²) in [5, 5.41) is 12.4. The Morgan fingerprint density at radius 3 is 2.84 bits per heavy atom. The molecule has 0 radical (unpaired) electrons. The molecule has 19 heavy (non-hydrogen) atoms. The van der Waals surface area contributed by atoms with Gasteiger partial charge in [0.1, 0.15) is 0 Å². The fraction of sp³-hybridized carbons (Fsp3) is 0.857. The summed E-state index contributed by atoms with van der Waals surface area (Å²) in [6.07, 6.45) is 5.86. The molecule has 1 saturated heterocycles. The lowest BCUT2D eigenvalue weighted by Gasteiger charge is -2.23. The average Bonchev–Trinajstić information content (AvgIpc) is 2.91. The second kappa shape index (κ2) is 5.80. The maximum absolute atomic E-state index is 12.0. The van der Waals surface area contributed by atoms with Crippen molar-refractivity contribution in [3.05, 3.63) is 0 Å². The van der Waals surface area contributed by atoms with E-state index in [1.807, 2.05) is 0 Å². The van der Waals surface area contributed by atoms with E-state index in [9.17, 15) is 14.7 Å². The van der Waals surface area contributed by atoms with Crippen molar-refractivity contribution < 1.29 is 14.7 Å². The van der Waals surface area contributed by atoms with Crippen molar-refractivity contribution in [3.63, 3.8) is 0 Å². The summed E-state index contributed by atoms with van der Waals surface area (Å²) in [6, 6.07) is -0.0915. The third-order valence-corrected chi connectivity index (χ3v) is 4.64. The molecule has 2 atom stereocenters. The number of fused-ring (bicyclic) bond motifs is 1. The number of hydrogen-bond acceptors (Lipinski definition) is 2. The number of unbranched alkanes of at least 4 members (excludes halogenated alkanes) is 2. The SMILES string of the molecule is CCCCCNC(=O)N1C[C@@H]2CCC[C@@]2(C(=O)O)C1. The molecular formula is C14H24N2O3. The Labute approximate surface area is 114 Å². The number of nitrogens with zero attached hydrogens (tertiary/aromatic N) is 1. The van der Waals surface area contributed by atoms with Gasteiger partial charge in [-0.1, -0.05) is 26.2 Å². The van der Waals surface area contributed by atoms with Crippen molar-refractivity contribution in [2.75, 3.05) is 19.6 Å². The molecule has 5 heteroatoms. The third kappa shape index (κ3) is 2.69. The molecule has 5 nitrogen and oxygen atoms in total. The van der Waals surface area contributed by atoms with E-state index in [1.165, 1.54) is 0 Å². The van der Waals surface area contributed by atoms with Gasteiger partial charge in [-0.2, -0.15) is 0 Å². The molecule has 0 bridgehead atoms. The maximum atomic E-state index is 12.0. The van der Waals surface area contributed by atoms with Gasteiger partial charge in [0.05, 0.1) is 5.41 Å². The highest BCUT2D eigenvalue weighted by Crippen LogP contribution is 2.48. The van der Waals surface area contributed by atoms with Crippen LogP contribution in [0.2, 0.25) is 0 Å². The summed E-state index contributed by atoms with van der Waals surface area (Å²) >= 11 is 0. The second-order valence-electron chi connectivity index (χ2n) is 5.87. The summed E-state index contributed by atoms with van der Waals surface area (Å²) < 4.78 is 0. The standard InChI is InChI=1S/C14H24N2O3/c1-2-3-4-8-15-13(19)16-9-11-6-5-7-14(11,10-16)12(17)18/h11H,2-10H2,1H3,(H,15,19)(H,17,18)/t11-,14+/m0/s1. The predicted octanol–water partition coefficient (Wildman–Crippen LogP) is 2.07. The highest BCUT2D eigenvalue weighted by Gasteiger charge is 2.55. The number of nitrogens with one attached hydrogen (secondary N) is 1. The van der Waals surface area contributed by atoms with Crippen molar-refractivity contribution in [2.24, 2.45) is 11.3 Å². The first-order valence-electron chi connectivity index (χ1n) is 7.36. The van der Waals surface area contributed by atoms with Gasteiger partial charge in [-0.25, -0.2) is 4.79 Å². The first-order chi connectivity index (χ1) is 9.10. The monoisotopic (exact) mass is 268 g/mol. The van der Waals surface area contributed by atoms with Crippen LogP contribution in [-0.4, -0.2) is 41.6 Å². The fourth-order valence-corrected chi connectivity index (χ4v) is 3.48. The van der Waals surface area contributed by atoms with E-state index in [2.05, 4.69) is 12.2 Å². The molecule has 0 aromatic carbocycles. The van der Waals surface area contributed by atoms with E-state index >= 15 is 0 Å². The summed E-state index contributed by atoms with van der Waals surface area (Å²) in [7, 11) is 0. The van der Waals surface area contributed by atoms with Gasteiger partial charge in [-0.3, -0.25) is 4.79 Å². The number of hydrogen-bond donors (Lipinski definition) is 2. The van der Waals surface area contributed by atoms with Crippen molar-refractivity contribution in [1.82, 2.24) is 10.2 Å². The Hall–Kier alpha value is -1.26. The Morgan fingerprint density at radius 1 is 1.42 bits per heavy atom. The fourth-order valence-electron chi connectivity index (χ4n) is 3.48. The minimum atomic E-state index is -0.726. The molecular weight excluding hydrogens is 244 g/mol. The lowest BCUT2D eigenvalue weighted by molar-refractivity contribution is -0.149. The number of urea groups is 1. The second-order valence-corrected chi connectivity index (χ2v) is 5.87. The van der Waals surface area contributed by atoms with E-state index in [-0.39, 0.29) is 11.9 Å². The van der Waals surface area contributed by atoms with Crippen LogP contribution in [0.4, 0.5) is 4.79 Å². The van der Waals surface area contributed by atoms with Crippen LogP contribution in [0.25, 0.3) is 0 Å². The van der Waals surface area contributed by atoms with Gasteiger partial charge in [0.15, 0.2) is 0 Å². The van der Waals surface area contributed by atoms with Crippen LogP contribution in [0.1, 0.15) is 45.4 Å². The van der Waals surface area contributed by atoms with Crippen LogP contribution in [0.5, 0.6) is 0 Å². The van der Waals surface area contributed by atoms with Gasteiger partial charge in [0, 0.05) is 19.6 Å². The van der Waals surface area contributed by atoms with Crippen LogP contribution < -0.4 is 5.32 Å². The van der Waals surface area contributed by atoms with Gasteiger partial charge in [-0.05, 0) is 25.2 Å². The Morgan fingerprint density at radius 2 is 2.21 bits per heavy atom. The minimum Gasteiger partial charge on any atom is -0.481 e. The Bertz CT molecular complexity index is 359. The predicted molar refractivity (Wildman–Crippen MR) is 71.9 cm³/mol. The quantitative estimate of drug-likeness (QED) is 0.750. The van der Waals surface area contributed by atoms with Gasteiger partial charge in [0.2, 0.25) is 0 Å². The molecule has 1 aliphatic heterocycles. The van der Waals surface area contributed by atoms with Crippen LogP contribution in [0.15, 0.2) is 0 Å². The number of carbonyl (C=O) groups is 2. The summed E-state index contributed by atoms with van der Waals surface area (Å²) in [6.45, 7) is 3.80. The molecule has 1 aliphatic carbocycles. The van der Waals surface area contributed by atoms with Crippen LogP contribution >= 0.6 is 0 Å². The number of amides is 2. The molecule has 1 saturated carbocycles. The van der Waals surface area contributed by atoms with Gasteiger partial charge in [-0.15, -0.1) is 0 Å². The average molecular weight is 268 g/mol. The molecule has 0 aromatic rings. The van der Waals surface area contributed by atoms with E-state index in [4.69, 9.17) is 0 Å². The number of carboxylic acid groups (broad SMARTS) is 1. The molecule has 2 N–H and O–H groups in total. The number of carboxylic acids is 1. The third-order valence-electron chi connectivity index (χ3n) is 4.64. The molecule has 0 aromatic heterocycles. The van der Waals surface area contributed by atoms with Gasteiger partial charge >= 0.3 is 12.0 Å². The van der Waals surface area contributed by atoms with Crippen molar-refractivity contribution in [2.45, 2.75) is 45.4 Å². The largest absolute Gasteiger partial charge is 0.481 e. The topological polar surface area (TPSA) is 69.6 Å². The molecule has 1 heterocycles. The molecule has 2 rings (SSSR count). The smallest absolute Gasteiger partial charge is 0.317 e. The maximum Gasteiger partial charge on any atom is 0.317 e. The molecule has 2 aliphatic rings. The molecule has 0 unspecified atom stereocenters. The summed E-state index contributed by atoms with van der Waals surface area (Å²) in [5.41, 5.74) is -0.666. The van der Waals surface area contributed by atoms with Gasteiger partial charge < -0.3 is 15.3 Å². The minimum absolute atomic E-state index is 0.0915. The molecule has 2 fully saturated rings. The van der Waals surface area contributed by atoms with Crippen molar-refractivity contribution >= 4 is 12.0 Å². The number of likely N-dealkylation sites (tertiary alicyclic amines) is 1. The van der Waals surface area contributed by atoms with E-state index < -0.39 is 11.4 Å². The summed E-state index contributed by atoms with van der Waals surface area (Å²) in [5.74, 6) is -0.581. The first-order valence-corrected chi connectivity index (χ1v) is 7.36. The van der Waals surface area contributed by atoms with E-state index in [0.717, 1.165) is 32.1 Å². The number of rotatable bonds is 5. The van der Waals surface area contributed by atoms with Crippen molar-refractivity contribution in [1.29, 1.82) is 0 Å². The van der Waals surface area contributed by atoms with Crippen molar-refractivity contribution in [3.8, 4) is 0 Å². The van der Waals surface area contributed by atoms with Crippen LogP contribution in [0, 0.1) is 11.3 Å². The zero-order valence-electron chi connectivity index (χ0n) is 11.7.